The number of rotatable bonds is 7. The Balaban J connectivity index is 1.57. The molecule has 2 aromatic carbocycles. The van der Waals surface area contributed by atoms with E-state index in [1.54, 1.807) is 42.5 Å². The second kappa shape index (κ2) is 8.41. The molecule has 3 rings (SSSR count). The molecule has 1 atom stereocenters. The van der Waals surface area contributed by atoms with Crippen LogP contribution in [0.3, 0.4) is 0 Å². The Morgan fingerprint density at radius 2 is 2.00 bits per heavy atom. The summed E-state index contributed by atoms with van der Waals surface area (Å²) in [4.78, 5) is 24.6. The summed E-state index contributed by atoms with van der Waals surface area (Å²) in [6.45, 7) is -0.127. The van der Waals surface area contributed by atoms with E-state index in [1.165, 1.54) is 7.11 Å². The molecule has 0 saturated heterocycles. The normalized spacial score (nSPS) is 13.0. The Kier molecular flexibility index (Phi) is 5.77. The van der Waals surface area contributed by atoms with Crippen LogP contribution in [0.1, 0.15) is 15.9 Å². The van der Waals surface area contributed by atoms with Crippen molar-refractivity contribution in [3.05, 3.63) is 53.6 Å². The SMILES string of the molecule is COc1cccc(C(=O)N[C@@H](CO)C(=O)NCc2ccc3c(c2)OCO3)c1. The molecule has 1 aliphatic heterocycles. The van der Waals surface area contributed by atoms with E-state index in [0.717, 1.165) is 5.56 Å². The van der Waals surface area contributed by atoms with Gasteiger partial charge >= 0.3 is 0 Å². The lowest BCUT2D eigenvalue weighted by Gasteiger charge is -2.16. The van der Waals surface area contributed by atoms with Gasteiger partial charge in [-0.3, -0.25) is 9.59 Å². The molecule has 0 radical (unpaired) electrons. The van der Waals surface area contributed by atoms with Crippen LogP contribution >= 0.6 is 0 Å². The summed E-state index contributed by atoms with van der Waals surface area (Å²) in [5.41, 5.74) is 1.14. The van der Waals surface area contributed by atoms with Gasteiger partial charge in [-0.2, -0.15) is 0 Å². The number of fused-ring (bicyclic) bond motifs is 1. The largest absolute Gasteiger partial charge is 0.497 e. The van der Waals surface area contributed by atoms with Gasteiger partial charge in [0.2, 0.25) is 12.7 Å². The zero-order chi connectivity index (χ0) is 19.2. The maximum Gasteiger partial charge on any atom is 0.252 e. The van der Waals surface area contributed by atoms with Crippen molar-refractivity contribution < 1.29 is 28.9 Å². The van der Waals surface area contributed by atoms with Gasteiger partial charge in [0, 0.05) is 12.1 Å². The highest BCUT2D eigenvalue weighted by atomic mass is 16.7. The summed E-state index contributed by atoms with van der Waals surface area (Å²) in [7, 11) is 1.50. The number of hydrogen-bond donors (Lipinski definition) is 3. The zero-order valence-corrected chi connectivity index (χ0v) is 14.7. The Morgan fingerprint density at radius 3 is 2.78 bits per heavy atom. The second-order valence-electron chi connectivity index (χ2n) is 5.85. The third-order valence-electron chi connectivity index (χ3n) is 4.04. The molecule has 2 amide bonds. The van der Waals surface area contributed by atoms with Crippen molar-refractivity contribution in [2.45, 2.75) is 12.6 Å². The standard InChI is InChI=1S/C19H20N2O6/c1-25-14-4-2-3-13(8-14)18(23)21-15(10-22)19(24)20-9-12-5-6-16-17(7-12)27-11-26-16/h2-8,15,22H,9-11H2,1H3,(H,20,24)(H,21,23)/t15-/m0/s1. The molecule has 8 heteroatoms. The lowest BCUT2D eigenvalue weighted by atomic mass is 10.1. The molecule has 0 fully saturated rings. The van der Waals surface area contributed by atoms with Crippen LogP contribution < -0.4 is 24.8 Å². The van der Waals surface area contributed by atoms with Gasteiger partial charge in [0.05, 0.1) is 13.7 Å². The number of carbonyl (C=O) groups excluding carboxylic acids is 2. The highest BCUT2D eigenvalue weighted by Crippen LogP contribution is 2.32. The first-order valence-corrected chi connectivity index (χ1v) is 8.32. The highest BCUT2D eigenvalue weighted by Gasteiger charge is 2.21. The predicted octanol–water partition coefficient (Wildman–Crippen LogP) is 0.831. The smallest absolute Gasteiger partial charge is 0.252 e. The fourth-order valence-corrected chi connectivity index (χ4v) is 2.56. The van der Waals surface area contributed by atoms with Crippen LogP contribution in [0.2, 0.25) is 0 Å². The highest BCUT2D eigenvalue weighted by molar-refractivity contribution is 5.97. The first-order chi connectivity index (χ1) is 13.1. The van der Waals surface area contributed by atoms with Crippen molar-refractivity contribution in [1.29, 1.82) is 0 Å². The van der Waals surface area contributed by atoms with Gasteiger partial charge < -0.3 is 30.0 Å². The molecule has 0 bridgehead atoms. The van der Waals surface area contributed by atoms with E-state index >= 15 is 0 Å². The van der Waals surface area contributed by atoms with E-state index in [1.807, 2.05) is 0 Å². The molecular weight excluding hydrogens is 352 g/mol. The minimum atomic E-state index is -1.07. The number of aliphatic hydroxyl groups excluding tert-OH is 1. The van der Waals surface area contributed by atoms with Gasteiger partial charge in [-0.05, 0) is 35.9 Å². The number of carbonyl (C=O) groups is 2. The quantitative estimate of drug-likeness (QED) is 0.665. The number of ether oxygens (including phenoxy) is 3. The molecule has 8 nitrogen and oxygen atoms in total. The first-order valence-electron chi connectivity index (χ1n) is 8.32. The van der Waals surface area contributed by atoms with Gasteiger partial charge in [0.1, 0.15) is 11.8 Å². The van der Waals surface area contributed by atoms with Crippen LogP contribution in [-0.2, 0) is 11.3 Å². The van der Waals surface area contributed by atoms with Crippen LogP contribution in [0.15, 0.2) is 42.5 Å². The van der Waals surface area contributed by atoms with E-state index in [4.69, 9.17) is 14.2 Å². The lowest BCUT2D eigenvalue weighted by molar-refractivity contribution is -0.124. The Hall–Kier alpha value is -3.26. The minimum absolute atomic E-state index is 0.175. The van der Waals surface area contributed by atoms with Crippen LogP contribution in [0.4, 0.5) is 0 Å². The van der Waals surface area contributed by atoms with E-state index < -0.39 is 24.5 Å². The molecule has 0 spiro atoms. The molecule has 0 saturated carbocycles. The van der Waals surface area contributed by atoms with Gasteiger partial charge in [-0.1, -0.05) is 12.1 Å². The molecule has 1 aliphatic rings. The van der Waals surface area contributed by atoms with Gasteiger partial charge in [-0.25, -0.2) is 0 Å². The summed E-state index contributed by atoms with van der Waals surface area (Å²) in [6.07, 6.45) is 0. The van der Waals surface area contributed by atoms with Gasteiger partial charge in [0.25, 0.3) is 5.91 Å². The third kappa shape index (κ3) is 4.48. The van der Waals surface area contributed by atoms with Gasteiger partial charge in [0.15, 0.2) is 11.5 Å². The van der Waals surface area contributed by atoms with Crippen molar-refractivity contribution in [3.8, 4) is 17.2 Å². The molecule has 0 unspecified atom stereocenters. The molecular formula is C19H20N2O6. The van der Waals surface area contributed by atoms with Crippen molar-refractivity contribution in [3.63, 3.8) is 0 Å². The summed E-state index contributed by atoms with van der Waals surface area (Å²) >= 11 is 0. The Morgan fingerprint density at radius 1 is 1.19 bits per heavy atom. The number of amides is 2. The summed E-state index contributed by atoms with van der Waals surface area (Å²) < 4.78 is 15.6. The maximum atomic E-state index is 12.3. The van der Waals surface area contributed by atoms with Gasteiger partial charge in [-0.15, -0.1) is 0 Å². The topological polar surface area (TPSA) is 106 Å². The average Bonchev–Trinajstić information content (AvgIpc) is 3.17. The van der Waals surface area contributed by atoms with E-state index in [9.17, 15) is 14.7 Å². The van der Waals surface area contributed by atoms with E-state index in [0.29, 0.717) is 22.8 Å². The monoisotopic (exact) mass is 372 g/mol. The number of aliphatic hydroxyl groups is 1. The maximum absolute atomic E-state index is 12.3. The molecule has 2 aromatic rings. The number of hydrogen-bond acceptors (Lipinski definition) is 6. The second-order valence-corrected chi connectivity index (χ2v) is 5.85. The number of benzene rings is 2. The number of methoxy groups -OCH3 is 1. The van der Waals surface area contributed by atoms with Crippen LogP contribution in [0.25, 0.3) is 0 Å². The first kappa shape index (κ1) is 18.5. The Labute approximate surface area is 156 Å². The number of nitrogens with one attached hydrogen (secondary N) is 2. The van der Waals surface area contributed by atoms with Crippen LogP contribution in [0, 0.1) is 0 Å². The predicted molar refractivity (Wildman–Crippen MR) is 95.7 cm³/mol. The van der Waals surface area contributed by atoms with Crippen LogP contribution in [0.5, 0.6) is 17.2 Å². The molecule has 0 aliphatic carbocycles. The lowest BCUT2D eigenvalue weighted by Crippen LogP contribution is -2.48. The minimum Gasteiger partial charge on any atom is -0.497 e. The fourth-order valence-electron chi connectivity index (χ4n) is 2.56. The van der Waals surface area contributed by atoms with Crippen molar-refractivity contribution in [2.75, 3.05) is 20.5 Å². The third-order valence-corrected chi connectivity index (χ3v) is 4.04. The van der Waals surface area contributed by atoms with E-state index in [2.05, 4.69) is 10.6 Å². The van der Waals surface area contributed by atoms with E-state index in [-0.39, 0.29) is 13.3 Å². The van der Waals surface area contributed by atoms with Crippen LogP contribution in [-0.4, -0.2) is 43.5 Å². The molecule has 0 aromatic heterocycles. The summed E-state index contributed by atoms with van der Waals surface area (Å²) in [6, 6.07) is 10.8. The average molecular weight is 372 g/mol. The Bertz CT molecular complexity index is 839. The molecule has 1 heterocycles. The summed E-state index contributed by atoms with van der Waals surface area (Å²) in [5, 5.41) is 14.7. The summed E-state index contributed by atoms with van der Waals surface area (Å²) in [5.74, 6) is 0.823. The molecule has 142 valence electrons. The molecule has 3 N–H and O–H groups in total. The molecule has 27 heavy (non-hydrogen) atoms. The fraction of sp³-hybridized carbons (Fsp3) is 0.263. The zero-order valence-electron chi connectivity index (χ0n) is 14.7. The van der Waals surface area contributed by atoms with Crippen molar-refractivity contribution in [2.24, 2.45) is 0 Å². The van der Waals surface area contributed by atoms with Crippen molar-refractivity contribution in [1.82, 2.24) is 10.6 Å². The van der Waals surface area contributed by atoms with Crippen molar-refractivity contribution >= 4 is 11.8 Å².